The lowest BCUT2D eigenvalue weighted by Crippen LogP contribution is -2.43. The quantitative estimate of drug-likeness (QED) is 0.575. The number of carbonyl (C=O) groups excluding carboxylic acids is 1. The van der Waals surface area contributed by atoms with Gasteiger partial charge in [-0.1, -0.05) is 13.8 Å². The molecule has 3 fully saturated rings. The van der Waals surface area contributed by atoms with E-state index in [-0.39, 0.29) is 5.91 Å². The van der Waals surface area contributed by atoms with Gasteiger partial charge in [0.15, 0.2) is 0 Å². The van der Waals surface area contributed by atoms with E-state index in [0.717, 1.165) is 16.8 Å². The zero-order valence-corrected chi connectivity index (χ0v) is 15.1. The molecule has 3 aliphatic rings. The minimum atomic E-state index is 0.237. The van der Waals surface area contributed by atoms with Crippen LogP contribution in [0.4, 0.5) is 0 Å². The van der Waals surface area contributed by atoms with E-state index in [9.17, 15) is 4.79 Å². The van der Waals surface area contributed by atoms with Crippen LogP contribution in [0.1, 0.15) is 39.5 Å². The van der Waals surface area contributed by atoms with Crippen molar-refractivity contribution in [1.29, 1.82) is 0 Å². The number of amides is 1. The molecule has 2 aliphatic carbocycles. The highest BCUT2D eigenvalue weighted by Gasteiger charge is 2.67. The van der Waals surface area contributed by atoms with Gasteiger partial charge >= 0.3 is 0 Å². The molecule has 2 bridgehead atoms. The summed E-state index contributed by atoms with van der Waals surface area (Å²) in [7, 11) is 0. The van der Waals surface area contributed by atoms with Crippen molar-refractivity contribution in [1.82, 2.24) is 4.90 Å². The number of likely N-dealkylation sites (tertiary alicyclic amines) is 1. The highest BCUT2D eigenvalue weighted by atomic mass is 32.2. The van der Waals surface area contributed by atoms with Crippen molar-refractivity contribution >= 4 is 33.8 Å². The van der Waals surface area contributed by atoms with Gasteiger partial charge in [-0.25, -0.2) is 0 Å². The molecule has 5 heteroatoms. The summed E-state index contributed by atoms with van der Waals surface area (Å²) in [5.74, 6) is 1.05. The van der Waals surface area contributed by atoms with Crippen LogP contribution in [0.3, 0.4) is 0 Å². The number of rotatable bonds is 2. The Morgan fingerprint density at radius 2 is 2.00 bits per heavy atom. The first kappa shape index (κ1) is 15.7. The van der Waals surface area contributed by atoms with E-state index in [1.54, 1.807) is 23.5 Å². The SMILES string of the molecule is CSC(=NCC(=O)N1CCC23CCC(CC12)C3(C)C)SC. The summed E-state index contributed by atoms with van der Waals surface area (Å²) in [4.78, 5) is 19.2. The van der Waals surface area contributed by atoms with Crippen LogP contribution in [0.5, 0.6) is 0 Å². The van der Waals surface area contributed by atoms with Gasteiger partial charge in [0.2, 0.25) is 5.91 Å². The van der Waals surface area contributed by atoms with Crippen molar-refractivity contribution in [3.63, 3.8) is 0 Å². The summed E-state index contributed by atoms with van der Waals surface area (Å²) in [5, 5.41) is 0. The molecule has 3 unspecified atom stereocenters. The fourth-order valence-electron chi connectivity index (χ4n) is 5.27. The summed E-state index contributed by atoms with van der Waals surface area (Å²) in [6.45, 7) is 6.16. The van der Waals surface area contributed by atoms with E-state index in [2.05, 4.69) is 23.7 Å². The van der Waals surface area contributed by atoms with E-state index < -0.39 is 0 Å². The fraction of sp³-hybridized carbons (Fsp3) is 0.875. The molecule has 1 spiro atoms. The fourth-order valence-corrected chi connectivity index (χ4v) is 6.33. The number of thioether (sulfide) groups is 2. The van der Waals surface area contributed by atoms with Gasteiger partial charge in [0.1, 0.15) is 10.9 Å². The summed E-state index contributed by atoms with van der Waals surface area (Å²) < 4.78 is 1.01. The van der Waals surface area contributed by atoms with Crippen LogP contribution >= 0.6 is 23.5 Å². The van der Waals surface area contributed by atoms with Gasteiger partial charge < -0.3 is 4.90 Å². The molecular weight excluding hydrogens is 300 g/mol. The van der Waals surface area contributed by atoms with Gasteiger partial charge in [0.25, 0.3) is 0 Å². The van der Waals surface area contributed by atoms with Crippen molar-refractivity contribution in [2.24, 2.45) is 21.7 Å². The normalized spacial score (nSPS) is 35.9. The van der Waals surface area contributed by atoms with Crippen molar-refractivity contribution < 1.29 is 4.79 Å². The molecule has 21 heavy (non-hydrogen) atoms. The largest absolute Gasteiger partial charge is 0.337 e. The Bertz CT molecular complexity index is 471. The third kappa shape index (κ3) is 2.18. The van der Waals surface area contributed by atoms with Crippen molar-refractivity contribution in [3.8, 4) is 0 Å². The molecule has 0 radical (unpaired) electrons. The lowest BCUT2D eigenvalue weighted by atomic mass is 9.67. The van der Waals surface area contributed by atoms with Crippen LogP contribution in [-0.2, 0) is 4.79 Å². The number of carbonyl (C=O) groups is 1. The molecule has 118 valence electrons. The van der Waals surface area contributed by atoms with E-state index in [0.29, 0.717) is 23.4 Å². The van der Waals surface area contributed by atoms with E-state index in [1.807, 2.05) is 12.5 Å². The molecule has 2 saturated carbocycles. The molecule has 1 heterocycles. The molecular formula is C16H26N2OS2. The molecule has 3 nitrogen and oxygen atoms in total. The molecule has 1 amide bonds. The maximum absolute atomic E-state index is 12.6. The van der Waals surface area contributed by atoms with Gasteiger partial charge in [-0.15, -0.1) is 23.5 Å². The summed E-state index contributed by atoms with van der Waals surface area (Å²) >= 11 is 3.25. The maximum atomic E-state index is 12.6. The topological polar surface area (TPSA) is 32.7 Å². The number of aliphatic imine (C=N–C) groups is 1. The van der Waals surface area contributed by atoms with Crippen LogP contribution in [0.2, 0.25) is 0 Å². The smallest absolute Gasteiger partial charge is 0.244 e. The van der Waals surface area contributed by atoms with Crippen molar-refractivity contribution in [2.75, 3.05) is 25.6 Å². The summed E-state index contributed by atoms with van der Waals surface area (Å²) in [6.07, 6.45) is 9.15. The maximum Gasteiger partial charge on any atom is 0.244 e. The Morgan fingerprint density at radius 1 is 1.29 bits per heavy atom. The highest BCUT2D eigenvalue weighted by molar-refractivity contribution is 8.38. The predicted octanol–water partition coefficient (Wildman–Crippen LogP) is 3.50. The number of hydrogen-bond donors (Lipinski definition) is 0. The van der Waals surface area contributed by atoms with Gasteiger partial charge in [-0.3, -0.25) is 9.79 Å². The molecule has 3 rings (SSSR count). The van der Waals surface area contributed by atoms with Crippen LogP contribution in [-0.4, -0.2) is 46.8 Å². The van der Waals surface area contributed by atoms with E-state index in [1.165, 1.54) is 25.7 Å². The van der Waals surface area contributed by atoms with Crippen LogP contribution in [0.25, 0.3) is 0 Å². The predicted molar refractivity (Wildman–Crippen MR) is 93.0 cm³/mol. The Morgan fingerprint density at radius 3 is 2.62 bits per heavy atom. The number of nitrogens with zero attached hydrogens (tertiary/aromatic N) is 2. The van der Waals surface area contributed by atoms with Crippen molar-refractivity contribution in [2.45, 2.75) is 45.6 Å². The second-order valence-electron chi connectivity index (χ2n) is 7.19. The van der Waals surface area contributed by atoms with Gasteiger partial charge in [0, 0.05) is 12.6 Å². The van der Waals surface area contributed by atoms with Crippen LogP contribution in [0, 0.1) is 16.7 Å². The lowest BCUT2D eigenvalue weighted by molar-refractivity contribution is -0.131. The third-order valence-corrected chi connectivity index (χ3v) is 8.53. The monoisotopic (exact) mass is 326 g/mol. The summed E-state index contributed by atoms with van der Waals surface area (Å²) in [5.41, 5.74) is 0.818. The molecule has 3 atom stereocenters. The number of hydrogen-bond acceptors (Lipinski definition) is 4. The molecule has 1 saturated heterocycles. The number of fused-ring (bicyclic) bond motifs is 1. The Labute approximate surface area is 136 Å². The van der Waals surface area contributed by atoms with Gasteiger partial charge in [-0.2, -0.15) is 0 Å². The van der Waals surface area contributed by atoms with Gasteiger partial charge in [-0.05, 0) is 54.9 Å². The Hall–Kier alpha value is -0.160. The third-order valence-electron chi connectivity index (χ3n) is 6.58. The zero-order valence-electron chi connectivity index (χ0n) is 13.5. The zero-order chi connectivity index (χ0) is 15.3. The minimum Gasteiger partial charge on any atom is -0.337 e. The average Bonchev–Trinajstić information content (AvgIpc) is 3.04. The second kappa shape index (κ2) is 5.48. The van der Waals surface area contributed by atoms with Crippen molar-refractivity contribution in [3.05, 3.63) is 0 Å². The van der Waals surface area contributed by atoms with E-state index in [4.69, 9.17) is 0 Å². The van der Waals surface area contributed by atoms with Crippen LogP contribution < -0.4 is 0 Å². The first-order valence-corrected chi connectivity index (χ1v) is 10.3. The first-order valence-electron chi connectivity index (χ1n) is 7.88. The first-order chi connectivity index (χ1) is 9.96. The van der Waals surface area contributed by atoms with Gasteiger partial charge in [0.05, 0.1) is 0 Å². The molecule has 1 aliphatic heterocycles. The average molecular weight is 327 g/mol. The van der Waals surface area contributed by atoms with E-state index >= 15 is 0 Å². The summed E-state index contributed by atoms with van der Waals surface area (Å²) in [6, 6.07) is 0.487. The Balaban J connectivity index is 1.72. The molecule has 0 aromatic rings. The lowest BCUT2D eigenvalue weighted by Gasteiger charge is -2.39. The second-order valence-corrected chi connectivity index (χ2v) is 9.04. The highest BCUT2D eigenvalue weighted by Crippen LogP contribution is 2.70. The molecule has 0 aromatic carbocycles. The molecule has 0 aromatic heterocycles. The minimum absolute atomic E-state index is 0.237. The standard InChI is InChI=1S/C16H26N2OS2/c1-15(2)11-5-6-16(15)7-8-18(12(16)9-11)13(19)10-17-14(20-3)21-4/h11-12H,5-10H2,1-4H3. The van der Waals surface area contributed by atoms with Crippen LogP contribution in [0.15, 0.2) is 4.99 Å². The Kier molecular flexibility index (Phi) is 4.11. The molecule has 0 N–H and O–H groups in total.